The number of carbonyl (C=O) groups excluding carboxylic acids is 1. The molecule has 1 N–H and O–H groups in total. The first-order valence-electron chi connectivity index (χ1n) is 7.79. The number of anilines is 1. The zero-order valence-corrected chi connectivity index (χ0v) is 14.6. The van der Waals surface area contributed by atoms with E-state index >= 15 is 0 Å². The van der Waals surface area contributed by atoms with Gasteiger partial charge in [-0.1, -0.05) is 5.16 Å². The molecule has 0 saturated carbocycles. The van der Waals surface area contributed by atoms with E-state index in [0.717, 1.165) is 24.0 Å². The highest BCUT2D eigenvalue weighted by atomic mass is 32.1. The minimum absolute atomic E-state index is 0.306. The van der Waals surface area contributed by atoms with Crippen LogP contribution in [0.5, 0.6) is 11.5 Å². The van der Waals surface area contributed by atoms with Crippen LogP contribution < -0.4 is 14.8 Å². The number of ether oxygens (including phenoxy) is 2. The summed E-state index contributed by atoms with van der Waals surface area (Å²) in [5.41, 5.74) is 2.80. The SMILES string of the molecule is COc1cc(NC(=O)c2noc3c2CCc2sccc2-3)cc(OC)c1. The molecular formula is C18H16N2O4S. The minimum atomic E-state index is -0.306. The van der Waals surface area contributed by atoms with Gasteiger partial charge in [0.25, 0.3) is 5.91 Å². The first-order valence-corrected chi connectivity index (χ1v) is 8.67. The summed E-state index contributed by atoms with van der Waals surface area (Å²) in [6.45, 7) is 0. The molecule has 128 valence electrons. The van der Waals surface area contributed by atoms with Crippen LogP contribution >= 0.6 is 11.3 Å². The largest absolute Gasteiger partial charge is 0.497 e. The molecular weight excluding hydrogens is 340 g/mol. The number of fused-ring (bicyclic) bond motifs is 3. The van der Waals surface area contributed by atoms with Crippen LogP contribution in [0.1, 0.15) is 20.9 Å². The summed E-state index contributed by atoms with van der Waals surface area (Å²) in [6.07, 6.45) is 1.64. The predicted octanol–water partition coefficient (Wildman–Crippen LogP) is 3.77. The van der Waals surface area contributed by atoms with Crippen molar-refractivity contribution in [1.82, 2.24) is 5.16 Å². The number of nitrogens with one attached hydrogen (secondary N) is 1. The van der Waals surface area contributed by atoms with Crippen molar-refractivity contribution < 1.29 is 18.8 Å². The molecule has 4 rings (SSSR count). The quantitative estimate of drug-likeness (QED) is 0.770. The highest BCUT2D eigenvalue weighted by Crippen LogP contribution is 2.38. The monoisotopic (exact) mass is 356 g/mol. The number of hydrogen-bond acceptors (Lipinski definition) is 6. The van der Waals surface area contributed by atoms with E-state index in [-0.39, 0.29) is 5.91 Å². The van der Waals surface area contributed by atoms with E-state index in [4.69, 9.17) is 14.0 Å². The highest BCUT2D eigenvalue weighted by Gasteiger charge is 2.28. The molecule has 1 aliphatic rings. The second kappa shape index (κ2) is 6.25. The fourth-order valence-corrected chi connectivity index (χ4v) is 3.85. The summed E-state index contributed by atoms with van der Waals surface area (Å²) < 4.78 is 15.9. The van der Waals surface area contributed by atoms with E-state index in [2.05, 4.69) is 10.5 Å². The third-order valence-corrected chi connectivity index (χ3v) is 5.19. The van der Waals surface area contributed by atoms with Gasteiger partial charge >= 0.3 is 0 Å². The molecule has 1 aliphatic carbocycles. The molecule has 0 fully saturated rings. The molecule has 0 aliphatic heterocycles. The van der Waals surface area contributed by atoms with Gasteiger partial charge < -0.3 is 19.3 Å². The fourth-order valence-electron chi connectivity index (χ4n) is 2.98. The molecule has 25 heavy (non-hydrogen) atoms. The fraction of sp³-hybridized carbons (Fsp3) is 0.222. The van der Waals surface area contributed by atoms with Gasteiger partial charge in [0.1, 0.15) is 11.5 Å². The lowest BCUT2D eigenvalue weighted by molar-refractivity contribution is 0.101. The summed E-state index contributed by atoms with van der Waals surface area (Å²) in [5.74, 6) is 1.59. The molecule has 0 atom stereocenters. The smallest absolute Gasteiger partial charge is 0.278 e. The van der Waals surface area contributed by atoms with Crippen molar-refractivity contribution in [3.05, 3.63) is 45.8 Å². The van der Waals surface area contributed by atoms with Crippen molar-refractivity contribution in [3.8, 4) is 22.8 Å². The zero-order chi connectivity index (χ0) is 17.4. The second-order valence-corrected chi connectivity index (χ2v) is 6.65. The van der Waals surface area contributed by atoms with Crippen LogP contribution in [0.4, 0.5) is 5.69 Å². The van der Waals surface area contributed by atoms with Gasteiger partial charge in [0.15, 0.2) is 11.5 Å². The minimum Gasteiger partial charge on any atom is -0.497 e. The van der Waals surface area contributed by atoms with Crippen LogP contribution in [0.15, 0.2) is 34.2 Å². The number of hydrogen-bond donors (Lipinski definition) is 1. The first kappa shape index (κ1) is 15.7. The van der Waals surface area contributed by atoms with Crippen molar-refractivity contribution in [3.63, 3.8) is 0 Å². The van der Waals surface area contributed by atoms with E-state index in [1.54, 1.807) is 43.8 Å². The Morgan fingerprint density at radius 1 is 1.20 bits per heavy atom. The van der Waals surface area contributed by atoms with E-state index in [9.17, 15) is 4.79 Å². The highest BCUT2D eigenvalue weighted by molar-refractivity contribution is 7.10. The molecule has 3 aromatic rings. The maximum absolute atomic E-state index is 12.7. The number of benzene rings is 1. The molecule has 7 heteroatoms. The molecule has 0 saturated heterocycles. The molecule has 2 heterocycles. The number of amides is 1. The average molecular weight is 356 g/mol. The predicted molar refractivity (Wildman–Crippen MR) is 94.7 cm³/mol. The maximum atomic E-state index is 12.7. The Bertz CT molecular complexity index is 922. The average Bonchev–Trinajstić information content (AvgIpc) is 3.27. The standard InChI is InChI=1S/C18H16N2O4S/c1-22-11-7-10(8-12(9-11)23-2)19-18(21)16-14-3-4-15-13(5-6-25-15)17(14)24-20-16/h5-9H,3-4H2,1-2H3,(H,19,21). The van der Waals surface area contributed by atoms with Gasteiger partial charge in [-0.2, -0.15) is 0 Å². The van der Waals surface area contributed by atoms with Gasteiger partial charge in [0.05, 0.1) is 14.2 Å². The van der Waals surface area contributed by atoms with E-state index in [1.807, 2.05) is 11.4 Å². The van der Waals surface area contributed by atoms with Gasteiger partial charge in [-0.15, -0.1) is 11.3 Å². The molecule has 1 aromatic carbocycles. The van der Waals surface area contributed by atoms with Crippen LogP contribution in [-0.4, -0.2) is 25.3 Å². The molecule has 6 nitrogen and oxygen atoms in total. The Hall–Kier alpha value is -2.80. The first-order chi connectivity index (χ1) is 12.2. The summed E-state index contributed by atoms with van der Waals surface area (Å²) >= 11 is 1.70. The maximum Gasteiger partial charge on any atom is 0.278 e. The summed E-state index contributed by atoms with van der Waals surface area (Å²) in [7, 11) is 3.12. The number of carbonyl (C=O) groups is 1. The third-order valence-electron chi connectivity index (χ3n) is 4.20. The van der Waals surface area contributed by atoms with E-state index < -0.39 is 0 Å². The molecule has 0 bridgehead atoms. The normalized spacial score (nSPS) is 12.2. The third kappa shape index (κ3) is 2.76. The van der Waals surface area contributed by atoms with Gasteiger partial charge in [0, 0.05) is 39.9 Å². The number of methoxy groups -OCH3 is 2. The second-order valence-electron chi connectivity index (χ2n) is 5.65. The van der Waals surface area contributed by atoms with Gasteiger partial charge in [-0.25, -0.2) is 0 Å². The van der Waals surface area contributed by atoms with Crippen molar-refractivity contribution in [2.24, 2.45) is 0 Å². The Kier molecular flexibility index (Phi) is 3.93. The number of aromatic nitrogens is 1. The van der Waals surface area contributed by atoms with Crippen LogP contribution in [0, 0.1) is 0 Å². The van der Waals surface area contributed by atoms with Crippen LogP contribution in [-0.2, 0) is 12.8 Å². The Labute approximate surface area is 148 Å². The topological polar surface area (TPSA) is 73.6 Å². The molecule has 2 aromatic heterocycles. The lowest BCUT2D eigenvalue weighted by Gasteiger charge is -2.11. The Morgan fingerprint density at radius 3 is 2.68 bits per heavy atom. The van der Waals surface area contributed by atoms with Crippen molar-refractivity contribution >= 4 is 22.9 Å². The lowest BCUT2D eigenvalue weighted by atomic mass is 9.95. The van der Waals surface area contributed by atoms with Crippen molar-refractivity contribution in [2.45, 2.75) is 12.8 Å². The van der Waals surface area contributed by atoms with Crippen molar-refractivity contribution in [2.75, 3.05) is 19.5 Å². The lowest BCUT2D eigenvalue weighted by Crippen LogP contribution is -2.15. The molecule has 0 spiro atoms. The number of rotatable bonds is 4. The summed E-state index contributed by atoms with van der Waals surface area (Å²) in [4.78, 5) is 14.0. The van der Waals surface area contributed by atoms with Gasteiger partial charge in [-0.05, 0) is 24.3 Å². The molecule has 0 unspecified atom stereocenters. The van der Waals surface area contributed by atoms with E-state index in [0.29, 0.717) is 28.6 Å². The van der Waals surface area contributed by atoms with E-state index in [1.165, 1.54) is 4.88 Å². The van der Waals surface area contributed by atoms with Crippen LogP contribution in [0.25, 0.3) is 11.3 Å². The van der Waals surface area contributed by atoms with Crippen molar-refractivity contribution in [1.29, 1.82) is 0 Å². The number of nitrogens with zero attached hydrogens (tertiary/aromatic N) is 1. The molecule has 1 amide bonds. The Morgan fingerprint density at radius 2 is 1.96 bits per heavy atom. The number of aryl methyl sites for hydroxylation is 1. The number of thiophene rings is 1. The van der Waals surface area contributed by atoms with Gasteiger partial charge in [-0.3, -0.25) is 4.79 Å². The summed E-state index contributed by atoms with van der Waals surface area (Å²) in [5, 5.41) is 8.89. The Balaban J connectivity index is 1.63. The van der Waals surface area contributed by atoms with Gasteiger partial charge in [0.2, 0.25) is 0 Å². The summed E-state index contributed by atoms with van der Waals surface area (Å²) in [6, 6.07) is 7.21. The zero-order valence-electron chi connectivity index (χ0n) is 13.8. The van der Waals surface area contributed by atoms with Crippen LogP contribution in [0.2, 0.25) is 0 Å². The molecule has 0 radical (unpaired) electrons. The van der Waals surface area contributed by atoms with Crippen LogP contribution in [0.3, 0.4) is 0 Å².